The molecule has 1 aromatic rings. The van der Waals surface area contributed by atoms with Crippen LogP contribution in [0.2, 0.25) is 0 Å². The fourth-order valence-corrected chi connectivity index (χ4v) is 3.07. The van der Waals surface area contributed by atoms with Crippen molar-refractivity contribution in [2.45, 2.75) is 25.3 Å². The van der Waals surface area contributed by atoms with Crippen LogP contribution in [-0.4, -0.2) is 46.5 Å². The predicted octanol–water partition coefficient (Wildman–Crippen LogP) is 1.89. The van der Waals surface area contributed by atoms with E-state index in [9.17, 15) is 14.7 Å². The van der Waals surface area contributed by atoms with E-state index in [1.807, 2.05) is 29.2 Å². The maximum Gasteiger partial charge on any atom is 0.320 e. The molecule has 0 spiro atoms. The normalized spacial score (nSPS) is 21.7. The van der Waals surface area contributed by atoms with Gasteiger partial charge in [0.1, 0.15) is 0 Å². The Balaban J connectivity index is 1.86. The monoisotopic (exact) mass is 274 g/mol. The molecule has 2 heterocycles. The number of rotatable bonds is 1. The van der Waals surface area contributed by atoms with E-state index in [0.29, 0.717) is 6.54 Å². The second-order valence-electron chi connectivity index (χ2n) is 5.45. The molecule has 1 aromatic carbocycles. The topological polar surface area (TPSA) is 60.9 Å². The van der Waals surface area contributed by atoms with Gasteiger partial charge in [-0.25, -0.2) is 4.79 Å². The number of hydrogen-bond acceptors (Lipinski definition) is 2. The van der Waals surface area contributed by atoms with Crippen LogP contribution in [0.1, 0.15) is 29.9 Å². The van der Waals surface area contributed by atoms with Crippen molar-refractivity contribution in [2.75, 3.05) is 19.6 Å². The molecule has 1 N–H and O–H groups in total. The number of fused-ring (bicyclic) bond motifs is 1. The Morgan fingerprint density at radius 3 is 2.50 bits per heavy atom. The Hall–Kier alpha value is -2.04. The van der Waals surface area contributed by atoms with E-state index in [0.717, 1.165) is 37.1 Å². The Bertz CT molecular complexity index is 538. The van der Waals surface area contributed by atoms with Gasteiger partial charge in [-0.3, -0.25) is 4.79 Å². The minimum Gasteiger partial charge on any atom is -0.481 e. The lowest BCUT2D eigenvalue weighted by molar-refractivity contribution is -0.139. The molecule has 2 aliphatic rings. The van der Waals surface area contributed by atoms with Crippen LogP contribution in [0.5, 0.6) is 0 Å². The van der Waals surface area contributed by atoms with Crippen molar-refractivity contribution in [1.82, 2.24) is 9.80 Å². The molecular weight excluding hydrogens is 256 g/mol. The Morgan fingerprint density at radius 1 is 1.10 bits per heavy atom. The third kappa shape index (κ3) is 2.24. The number of carboxylic acid groups (broad SMARTS) is 1. The summed E-state index contributed by atoms with van der Waals surface area (Å²) in [4.78, 5) is 27.4. The van der Waals surface area contributed by atoms with Gasteiger partial charge in [-0.05, 0) is 24.0 Å². The maximum atomic E-state index is 12.4. The van der Waals surface area contributed by atoms with Gasteiger partial charge in [0.25, 0.3) is 0 Å². The number of urea groups is 1. The molecule has 0 bridgehead atoms. The number of nitrogens with zero attached hydrogens (tertiary/aromatic N) is 2. The Kier molecular flexibility index (Phi) is 3.34. The van der Waals surface area contributed by atoms with Crippen molar-refractivity contribution >= 4 is 12.0 Å². The molecule has 1 saturated heterocycles. The summed E-state index contributed by atoms with van der Waals surface area (Å²) in [5.41, 5.74) is 1.78. The third-order valence-electron chi connectivity index (χ3n) is 4.14. The first-order valence-corrected chi connectivity index (χ1v) is 7.01. The van der Waals surface area contributed by atoms with Crippen molar-refractivity contribution in [1.29, 1.82) is 0 Å². The third-order valence-corrected chi connectivity index (χ3v) is 4.14. The van der Waals surface area contributed by atoms with Crippen LogP contribution in [0.25, 0.3) is 0 Å². The van der Waals surface area contributed by atoms with E-state index in [4.69, 9.17) is 0 Å². The molecule has 1 unspecified atom stereocenters. The fraction of sp³-hybridized carbons (Fsp3) is 0.467. The van der Waals surface area contributed by atoms with Crippen molar-refractivity contribution < 1.29 is 14.7 Å². The largest absolute Gasteiger partial charge is 0.481 e. The van der Waals surface area contributed by atoms with Crippen LogP contribution in [0.3, 0.4) is 0 Å². The molecular formula is C15H18N2O3. The van der Waals surface area contributed by atoms with Crippen LogP contribution in [-0.2, 0) is 11.3 Å². The Labute approximate surface area is 117 Å². The Morgan fingerprint density at radius 2 is 1.80 bits per heavy atom. The zero-order chi connectivity index (χ0) is 14.1. The van der Waals surface area contributed by atoms with Gasteiger partial charge < -0.3 is 14.9 Å². The molecule has 0 saturated carbocycles. The minimum atomic E-state index is -0.864. The van der Waals surface area contributed by atoms with E-state index in [1.54, 1.807) is 4.90 Å². The SMILES string of the molecule is O=C(O)C1CN(C(=O)N2CCCC2)Cc2ccccc21. The number of benzene rings is 1. The summed E-state index contributed by atoms with van der Waals surface area (Å²) in [6.45, 7) is 2.35. The van der Waals surface area contributed by atoms with E-state index in [1.165, 1.54) is 0 Å². The molecule has 3 rings (SSSR count). The van der Waals surface area contributed by atoms with Crippen LogP contribution < -0.4 is 0 Å². The first kappa shape index (κ1) is 13.0. The number of aliphatic carboxylic acids is 1. The molecule has 106 valence electrons. The van der Waals surface area contributed by atoms with Gasteiger partial charge >= 0.3 is 12.0 Å². The number of carboxylic acids is 1. The lowest BCUT2D eigenvalue weighted by atomic mass is 9.90. The average Bonchev–Trinajstić information content (AvgIpc) is 2.99. The van der Waals surface area contributed by atoms with Gasteiger partial charge in [0.2, 0.25) is 0 Å². The van der Waals surface area contributed by atoms with Gasteiger partial charge in [0.05, 0.1) is 5.92 Å². The highest BCUT2D eigenvalue weighted by Crippen LogP contribution is 2.29. The summed E-state index contributed by atoms with van der Waals surface area (Å²) in [6, 6.07) is 7.48. The lowest BCUT2D eigenvalue weighted by Crippen LogP contribution is -2.46. The van der Waals surface area contributed by atoms with Crippen molar-refractivity contribution in [3.63, 3.8) is 0 Å². The number of carbonyl (C=O) groups excluding carboxylic acids is 1. The molecule has 2 aliphatic heterocycles. The van der Waals surface area contributed by atoms with Crippen LogP contribution in [0, 0.1) is 0 Å². The molecule has 0 radical (unpaired) electrons. The standard InChI is InChI=1S/C15H18N2O3/c18-14(19)13-10-17(15(20)16-7-3-4-8-16)9-11-5-1-2-6-12(11)13/h1-2,5-6,13H,3-4,7-10H2,(H,18,19). The van der Waals surface area contributed by atoms with Crippen LogP contribution in [0.15, 0.2) is 24.3 Å². The highest BCUT2D eigenvalue weighted by Gasteiger charge is 2.34. The molecule has 0 aromatic heterocycles. The zero-order valence-corrected chi connectivity index (χ0v) is 11.3. The molecule has 0 aliphatic carbocycles. The van der Waals surface area contributed by atoms with E-state index < -0.39 is 11.9 Å². The van der Waals surface area contributed by atoms with Gasteiger partial charge in [0, 0.05) is 26.2 Å². The van der Waals surface area contributed by atoms with Crippen LogP contribution >= 0.6 is 0 Å². The lowest BCUT2D eigenvalue weighted by Gasteiger charge is -2.35. The van der Waals surface area contributed by atoms with Gasteiger partial charge in [-0.15, -0.1) is 0 Å². The van der Waals surface area contributed by atoms with Crippen molar-refractivity contribution in [3.05, 3.63) is 35.4 Å². The fourth-order valence-electron chi connectivity index (χ4n) is 3.07. The smallest absolute Gasteiger partial charge is 0.320 e. The predicted molar refractivity (Wildman–Crippen MR) is 73.4 cm³/mol. The van der Waals surface area contributed by atoms with E-state index in [2.05, 4.69) is 0 Å². The molecule has 20 heavy (non-hydrogen) atoms. The molecule has 5 nitrogen and oxygen atoms in total. The first-order chi connectivity index (χ1) is 9.66. The molecule has 5 heteroatoms. The number of hydrogen-bond donors (Lipinski definition) is 1. The van der Waals surface area contributed by atoms with Crippen molar-refractivity contribution in [2.24, 2.45) is 0 Å². The van der Waals surface area contributed by atoms with Gasteiger partial charge in [0.15, 0.2) is 0 Å². The second-order valence-corrected chi connectivity index (χ2v) is 5.45. The highest BCUT2D eigenvalue weighted by molar-refractivity contribution is 5.81. The quantitative estimate of drug-likeness (QED) is 0.850. The minimum absolute atomic E-state index is 0.0248. The molecule has 2 amide bonds. The number of amides is 2. The number of likely N-dealkylation sites (tertiary alicyclic amines) is 1. The highest BCUT2D eigenvalue weighted by atomic mass is 16.4. The van der Waals surface area contributed by atoms with Crippen LogP contribution in [0.4, 0.5) is 4.79 Å². The van der Waals surface area contributed by atoms with Gasteiger partial charge in [-0.1, -0.05) is 24.3 Å². The summed E-state index contributed by atoms with van der Waals surface area (Å²) in [5, 5.41) is 9.40. The molecule has 1 fully saturated rings. The summed E-state index contributed by atoms with van der Waals surface area (Å²) in [7, 11) is 0. The second kappa shape index (κ2) is 5.15. The summed E-state index contributed by atoms with van der Waals surface area (Å²) >= 11 is 0. The van der Waals surface area contributed by atoms with Crippen molar-refractivity contribution in [3.8, 4) is 0 Å². The number of carbonyl (C=O) groups is 2. The zero-order valence-electron chi connectivity index (χ0n) is 11.3. The van der Waals surface area contributed by atoms with Gasteiger partial charge in [-0.2, -0.15) is 0 Å². The summed E-state index contributed by atoms with van der Waals surface area (Å²) in [5.74, 6) is -1.48. The van der Waals surface area contributed by atoms with E-state index in [-0.39, 0.29) is 12.6 Å². The summed E-state index contributed by atoms with van der Waals surface area (Å²) in [6.07, 6.45) is 2.08. The summed E-state index contributed by atoms with van der Waals surface area (Å²) < 4.78 is 0. The average molecular weight is 274 g/mol. The maximum absolute atomic E-state index is 12.4. The van der Waals surface area contributed by atoms with E-state index >= 15 is 0 Å². The first-order valence-electron chi connectivity index (χ1n) is 7.01. The molecule has 1 atom stereocenters.